The summed E-state index contributed by atoms with van der Waals surface area (Å²) in [4.78, 5) is 18.8. The summed E-state index contributed by atoms with van der Waals surface area (Å²) < 4.78 is 7.13. The van der Waals surface area contributed by atoms with Gasteiger partial charge in [-0.05, 0) is 20.8 Å². The van der Waals surface area contributed by atoms with Gasteiger partial charge in [-0.15, -0.1) is 0 Å². The van der Waals surface area contributed by atoms with Crippen molar-refractivity contribution in [1.82, 2.24) is 19.5 Å². The zero-order chi connectivity index (χ0) is 16.8. The molecule has 1 aliphatic rings. The third kappa shape index (κ3) is 3.13. The second-order valence-electron chi connectivity index (χ2n) is 6.94. The average molecular weight is 337 g/mol. The first-order chi connectivity index (χ1) is 10.8. The van der Waals surface area contributed by atoms with Crippen LogP contribution in [0.25, 0.3) is 5.65 Å². The van der Waals surface area contributed by atoms with Crippen LogP contribution in [0, 0.1) is 0 Å². The van der Waals surface area contributed by atoms with Gasteiger partial charge in [-0.25, -0.2) is 14.3 Å². The third-order valence-electron chi connectivity index (χ3n) is 3.85. The minimum Gasteiger partial charge on any atom is -0.444 e. The number of aromatic nitrogens is 3. The Labute approximate surface area is 140 Å². The van der Waals surface area contributed by atoms with Crippen LogP contribution in [-0.2, 0) is 11.2 Å². The molecule has 124 valence electrons. The number of amides is 1. The van der Waals surface area contributed by atoms with E-state index in [9.17, 15) is 4.79 Å². The summed E-state index contributed by atoms with van der Waals surface area (Å²) in [6, 6.07) is 1.83. The van der Waals surface area contributed by atoms with Gasteiger partial charge < -0.3 is 9.64 Å². The van der Waals surface area contributed by atoms with Gasteiger partial charge in [-0.1, -0.05) is 18.5 Å². The number of nitrogens with zero attached hydrogens (tertiary/aromatic N) is 4. The lowest BCUT2D eigenvalue weighted by Crippen LogP contribution is -2.38. The molecule has 0 fully saturated rings. The van der Waals surface area contributed by atoms with Crippen molar-refractivity contribution in [2.75, 3.05) is 13.1 Å². The predicted molar refractivity (Wildman–Crippen MR) is 87.9 cm³/mol. The lowest BCUT2D eigenvalue weighted by atomic mass is 10.0. The van der Waals surface area contributed by atoms with E-state index in [1.807, 2.05) is 33.8 Å². The van der Waals surface area contributed by atoms with Gasteiger partial charge in [0.1, 0.15) is 10.8 Å². The number of carbonyl (C=O) groups is 1. The van der Waals surface area contributed by atoms with Crippen molar-refractivity contribution in [2.45, 2.75) is 45.6 Å². The normalized spacial score (nSPS) is 18.7. The van der Waals surface area contributed by atoms with E-state index in [1.165, 1.54) is 0 Å². The molecule has 0 N–H and O–H groups in total. The first-order valence-corrected chi connectivity index (χ1v) is 8.14. The zero-order valence-electron chi connectivity index (χ0n) is 13.8. The summed E-state index contributed by atoms with van der Waals surface area (Å²) in [6.07, 6.45) is 2.05. The summed E-state index contributed by atoms with van der Waals surface area (Å²) in [7, 11) is 0. The van der Waals surface area contributed by atoms with Crippen LogP contribution >= 0.6 is 11.6 Å². The highest BCUT2D eigenvalue weighted by atomic mass is 35.5. The fourth-order valence-electron chi connectivity index (χ4n) is 2.89. The van der Waals surface area contributed by atoms with Crippen molar-refractivity contribution >= 4 is 23.3 Å². The van der Waals surface area contributed by atoms with Gasteiger partial charge in [-0.2, -0.15) is 5.10 Å². The maximum Gasteiger partial charge on any atom is 0.410 e. The Balaban J connectivity index is 1.91. The Morgan fingerprint density at radius 1 is 1.43 bits per heavy atom. The second kappa shape index (κ2) is 5.67. The average Bonchev–Trinajstić information content (AvgIpc) is 2.82. The number of hydrogen-bond acceptors (Lipinski definition) is 4. The van der Waals surface area contributed by atoms with E-state index in [0.29, 0.717) is 24.7 Å². The molecule has 1 amide bonds. The van der Waals surface area contributed by atoms with Crippen molar-refractivity contribution < 1.29 is 9.53 Å². The highest BCUT2D eigenvalue weighted by molar-refractivity contribution is 6.30. The molecule has 2 aromatic rings. The number of halogens is 1. The van der Waals surface area contributed by atoms with Crippen molar-refractivity contribution in [1.29, 1.82) is 0 Å². The lowest BCUT2D eigenvalue weighted by Gasteiger charge is -2.27. The van der Waals surface area contributed by atoms with Crippen molar-refractivity contribution in [3.8, 4) is 0 Å². The minimum absolute atomic E-state index is 0.0635. The van der Waals surface area contributed by atoms with E-state index < -0.39 is 5.60 Å². The monoisotopic (exact) mass is 336 g/mol. The largest absolute Gasteiger partial charge is 0.444 e. The van der Waals surface area contributed by atoms with Gasteiger partial charge in [0.15, 0.2) is 5.65 Å². The molecule has 0 saturated heterocycles. The van der Waals surface area contributed by atoms with Crippen LogP contribution in [0.3, 0.4) is 0 Å². The van der Waals surface area contributed by atoms with Crippen molar-refractivity contribution in [3.63, 3.8) is 0 Å². The lowest BCUT2D eigenvalue weighted by molar-refractivity contribution is 0.0248. The van der Waals surface area contributed by atoms with Gasteiger partial charge in [0.2, 0.25) is 0 Å². The fourth-order valence-corrected chi connectivity index (χ4v) is 3.31. The van der Waals surface area contributed by atoms with E-state index in [4.69, 9.17) is 16.3 Å². The van der Waals surface area contributed by atoms with Crippen LogP contribution in [0.4, 0.5) is 4.79 Å². The van der Waals surface area contributed by atoms with E-state index in [1.54, 1.807) is 15.6 Å². The Kier molecular flexibility index (Phi) is 3.96. The molecular weight excluding hydrogens is 316 g/mol. The molecule has 1 aliphatic heterocycles. The molecule has 2 aromatic heterocycles. The van der Waals surface area contributed by atoms with Crippen LogP contribution in [0.2, 0.25) is 5.15 Å². The molecule has 3 rings (SSSR count). The number of rotatable bonds is 0. The van der Waals surface area contributed by atoms with Crippen molar-refractivity contribution in [2.24, 2.45) is 0 Å². The molecule has 0 saturated carbocycles. The third-order valence-corrected chi connectivity index (χ3v) is 4.21. The number of carbonyl (C=O) groups excluding carboxylic acids is 1. The molecule has 1 atom stereocenters. The standard InChI is InChI=1S/C16H21ClN4O2/c1-10-9-20(15(22)23-16(2,3)4)8-6-11-13(10)14(17)21-12(19-11)5-7-18-21/h5,7,10H,6,8-9H2,1-4H3. The Morgan fingerprint density at radius 3 is 2.87 bits per heavy atom. The van der Waals surface area contributed by atoms with E-state index >= 15 is 0 Å². The summed E-state index contributed by atoms with van der Waals surface area (Å²) >= 11 is 6.53. The van der Waals surface area contributed by atoms with Crippen LogP contribution in [0.1, 0.15) is 44.9 Å². The molecular formula is C16H21ClN4O2. The molecule has 23 heavy (non-hydrogen) atoms. The summed E-state index contributed by atoms with van der Waals surface area (Å²) in [5.41, 5.74) is 2.12. The minimum atomic E-state index is -0.504. The zero-order valence-corrected chi connectivity index (χ0v) is 14.6. The van der Waals surface area contributed by atoms with Crippen molar-refractivity contribution in [3.05, 3.63) is 28.7 Å². The maximum absolute atomic E-state index is 12.4. The number of fused-ring (bicyclic) bond motifs is 2. The van der Waals surface area contributed by atoms with Gasteiger partial charge in [0.05, 0.1) is 11.9 Å². The molecule has 0 bridgehead atoms. The highest BCUT2D eigenvalue weighted by Crippen LogP contribution is 2.31. The molecule has 6 nitrogen and oxygen atoms in total. The van der Waals surface area contributed by atoms with Crippen LogP contribution in [0.5, 0.6) is 0 Å². The molecule has 0 radical (unpaired) electrons. The Morgan fingerprint density at radius 2 is 2.17 bits per heavy atom. The van der Waals surface area contributed by atoms with Gasteiger partial charge in [0.25, 0.3) is 0 Å². The van der Waals surface area contributed by atoms with E-state index in [2.05, 4.69) is 10.1 Å². The highest BCUT2D eigenvalue weighted by Gasteiger charge is 2.30. The van der Waals surface area contributed by atoms with Crippen LogP contribution < -0.4 is 0 Å². The fraction of sp³-hybridized carbons (Fsp3) is 0.562. The molecule has 1 unspecified atom stereocenters. The maximum atomic E-state index is 12.4. The second-order valence-corrected chi connectivity index (χ2v) is 7.30. The number of hydrogen-bond donors (Lipinski definition) is 0. The summed E-state index contributed by atoms with van der Waals surface area (Å²) in [6.45, 7) is 8.78. The summed E-state index contributed by atoms with van der Waals surface area (Å²) in [5.74, 6) is 0.0635. The molecule has 3 heterocycles. The Bertz CT molecular complexity index is 750. The molecule has 0 aromatic carbocycles. The van der Waals surface area contributed by atoms with Gasteiger partial charge in [0, 0.05) is 37.1 Å². The van der Waals surface area contributed by atoms with E-state index in [0.717, 1.165) is 16.9 Å². The smallest absolute Gasteiger partial charge is 0.410 e. The SMILES string of the molecule is CC1CN(C(=O)OC(C)(C)C)CCc2nc3ccnn3c(Cl)c21. The summed E-state index contributed by atoms with van der Waals surface area (Å²) in [5, 5.41) is 4.79. The van der Waals surface area contributed by atoms with Crippen LogP contribution in [-0.4, -0.2) is 44.3 Å². The molecule has 7 heteroatoms. The predicted octanol–water partition coefficient (Wildman–Crippen LogP) is 3.28. The molecule has 0 aliphatic carbocycles. The number of ether oxygens (including phenoxy) is 1. The van der Waals surface area contributed by atoms with Gasteiger partial charge >= 0.3 is 6.09 Å². The van der Waals surface area contributed by atoms with Crippen LogP contribution in [0.15, 0.2) is 12.3 Å². The first kappa shape index (κ1) is 16.1. The van der Waals surface area contributed by atoms with E-state index in [-0.39, 0.29) is 12.0 Å². The first-order valence-electron chi connectivity index (χ1n) is 7.76. The quantitative estimate of drug-likeness (QED) is 0.693. The Hall–Kier alpha value is -1.82. The topological polar surface area (TPSA) is 59.7 Å². The van der Waals surface area contributed by atoms with Gasteiger partial charge in [-0.3, -0.25) is 0 Å². The molecule has 0 spiro atoms.